The van der Waals surface area contributed by atoms with Gasteiger partial charge in [0.05, 0.1) is 17.2 Å². The highest BCUT2D eigenvalue weighted by atomic mass is 32.1. The molecule has 1 aromatic rings. The molecule has 10 heteroatoms. The molecule has 0 unspecified atom stereocenters. The monoisotopic (exact) mass is 445 g/mol. The first-order valence-electron chi connectivity index (χ1n) is 10.1. The van der Waals surface area contributed by atoms with Crippen molar-refractivity contribution in [3.63, 3.8) is 0 Å². The summed E-state index contributed by atoms with van der Waals surface area (Å²) < 4.78 is 39.4. The van der Waals surface area contributed by atoms with Crippen molar-refractivity contribution in [3.05, 3.63) is 16.1 Å². The Kier molecular flexibility index (Phi) is 6.12. The number of hydrogen-bond donors (Lipinski definition) is 0. The van der Waals surface area contributed by atoms with Gasteiger partial charge in [-0.15, -0.1) is 11.3 Å². The fourth-order valence-electron chi connectivity index (χ4n) is 3.65. The lowest BCUT2D eigenvalue weighted by molar-refractivity contribution is -0.331. The number of carbonyl (C=O) groups excluding carboxylic acids is 2. The molecule has 2 aliphatic heterocycles. The molecule has 0 atom stereocenters. The summed E-state index contributed by atoms with van der Waals surface area (Å²) in [6, 6.07) is 0. The van der Waals surface area contributed by atoms with Gasteiger partial charge in [-0.1, -0.05) is 13.8 Å². The highest BCUT2D eigenvalue weighted by Gasteiger charge is 2.53. The Morgan fingerprint density at radius 1 is 1.20 bits per heavy atom. The van der Waals surface area contributed by atoms with E-state index in [1.54, 1.807) is 26.2 Å². The minimum Gasteiger partial charge on any atom is -0.444 e. The number of amides is 2. The molecule has 30 heavy (non-hydrogen) atoms. The number of rotatable bonds is 2. The maximum atomic E-state index is 14.4. The molecule has 2 amide bonds. The highest BCUT2D eigenvalue weighted by molar-refractivity contribution is 7.09. The summed E-state index contributed by atoms with van der Waals surface area (Å²) in [7, 11) is 0. The maximum absolute atomic E-state index is 14.4. The Hall–Kier alpha value is -1.81. The van der Waals surface area contributed by atoms with Gasteiger partial charge >= 0.3 is 12.2 Å². The molecule has 0 saturated carbocycles. The fraction of sp³-hybridized carbons (Fsp3) is 0.750. The van der Waals surface area contributed by atoms with Crippen LogP contribution in [0, 0.1) is 0 Å². The number of hydrogen-bond acceptors (Lipinski definition) is 6. The van der Waals surface area contributed by atoms with E-state index in [0.717, 1.165) is 9.91 Å². The quantitative estimate of drug-likeness (QED) is 0.685. The van der Waals surface area contributed by atoms with E-state index in [4.69, 9.17) is 9.47 Å². The average molecular weight is 446 g/mol. The Balaban J connectivity index is 1.70. The van der Waals surface area contributed by atoms with E-state index in [1.807, 2.05) is 13.8 Å². The Morgan fingerprint density at radius 3 is 2.37 bits per heavy atom. The maximum Gasteiger partial charge on any atom is 0.410 e. The number of likely N-dealkylation sites (tertiary alicyclic amines) is 1. The number of alkyl halides is 2. The zero-order valence-electron chi connectivity index (χ0n) is 18.0. The van der Waals surface area contributed by atoms with Crippen LogP contribution in [-0.4, -0.2) is 70.3 Å². The van der Waals surface area contributed by atoms with Gasteiger partial charge in [0.1, 0.15) is 17.8 Å². The van der Waals surface area contributed by atoms with E-state index in [1.165, 1.54) is 16.2 Å². The molecule has 2 fully saturated rings. The van der Waals surface area contributed by atoms with E-state index >= 15 is 0 Å². The first-order valence-corrected chi connectivity index (χ1v) is 11.0. The number of piperidine rings is 1. The van der Waals surface area contributed by atoms with Crippen LogP contribution in [0.1, 0.15) is 68.9 Å². The van der Waals surface area contributed by atoms with Gasteiger partial charge in [0, 0.05) is 24.4 Å². The zero-order valence-corrected chi connectivity index (χ0v) is 18.9. The van der Waals surface area contributed by atoms with Crippen molar-refractivity contribution in [1.82, 2.24) is 14.8 Å². The standard InChI is InChI=1S/C20H29F2N3O4S/c1-13(2)15-23-14(10-30-15)16(26)25-11-19(29-20(21,22)12-25)6-8-24(9-7-19)17(27)28-18(3,4)5/h10,13H,6-9,11-12H2,1-5H3. The summed E-state index contributed by atoms with van der Waals surface area (Å²) in [6.45, 7) is 8.92. The van der Waals surface area contributed by atoms with E-state index in [2.05, 4.69) is 4.98 Å². The third kappa shape index (κ3) is 5.26. The van der Waals surface area contributed by atoms with Gasteiger partial charge in [-0.05, 0) is 33.6 Å². The summed E-state index contributed by atoms with van der Waals surface area (Å²) in [6.07, 6.45) is -3.55. The van der Waals surface area contributed by atoms with Crippen molar-refractivity contribution in [2.45, 2.75) is 70.7 Å². The minimum atomic E-state index is -3.46. The van der Waals surface area contributed by atoms with Gasteiger partial charge in [0.15, 0.2) is 0 Å². The van der Waals surface area contributed by atoms with Crippen LogP contribution in [0.15, 0.2) is 5.38 Å². The second kappa shape index (κ2) is 8.03. The molecule has 0 bridgehead atoms. The molecule has 1 aromatic heterocycles. The SMILES string of the molecule is CC(C)c1nc(C(=O)N2CC(F)(F)OC3(CCN(C(=O)OC(C)(C)C)CC3)C2)cs1. The molecule has 3 rings (SSSR count). The number of nitrogens with zero attached hydrogens (tertiary/aromatic N) is 3. The minimum absolute atomic E-state index is 0.0398. The van der Waals surface area contributed by atoms with Crippen molar-refractivity contribution in [2.24, 2.45) is 0 Å². The molecule has 1 spiro atoms. The summed E-state index contributed by atoms with van der Waals surface area (Å²) in [5, 5.41) is 2.40. The second-order valence-corrected chi connectivity index (χ2v) is 10.2. The lowest BCUT2D eigenvalue weighted by Crippen LogP contribution is -2.63. The number of aromatic nitrogens is 1. The number of carbonyl (C=O) groups is 2. The van der Waals surface area contributed by atoms with Crippen molar-refractivity contribution >= 4 is 23.3 Å². The third-order valence-electron chi connectivity index (χ3n) is 5.07. The molecular weight excluding hydrogens is 416 g/mol. The normalized spacial score (nSPS) is 21.2. The third-order valence-corrected chi connectivity index (χ3v) is 6.21. The second-order valence-electron chi connectivity index (χ2n) is 9.28. The van der Waals surface area contributed by atoms with Crippen molar-refractivity contribution in [2.75, 3.05) is 26.2 Å². The van der Waals surface area contributed by atoms with Gasteiger partial charge < -0.3 is 19.3 Å². The van der Waals surface area contributed by atoms with Crippen LogP contribution in [0.5, 0.6) is 0 Å². The molecule has 7 nitrogen and oxygen atoms in total. The summed E-state index contributed by atoms with van der Waals surface area (Å²) in [4.78, 5) is 32.1. The number of halogens is 2. The predicted octanol–water partition coefficient (Wildman–Crippen LogP) is 4.10. The van der Waals surface area contributed by atoms with Crippen LogP contribution >= 0.6 is 11.3 Å². The fourth-order valence-corrected chi connectivity index (χ4v) is 4.46. The van der Waals surface area contributed by atoms with Gasteiger partial charge in [-0.25, -0.2) is 9.78 Å². The van der Waals surface area contributed by atoms with E-state index in [9.17, 15) is 18.4 Å². The molecule has 168 valence electrons. The van der Waals surface area contributed by atoms with E-state index in [0.29, 0.717) is 0 Å². The van der Waals surface area contributed by atoms with Gasteiger partial charge in [-0.3, -0.25) is 4.79 Å². The van der Waals surface area contributed by atoms with Crippen LogP contribution in [0.25, 0.3) is 0 Å². The molecule has 2 saturated heterocycles. The lowest BCUT2D eigenvalue weighted by atomic mass is 9.89. The Labute approximate surface area is 179 Å². The Bertz CT molecular complexity index is 798. The van der Waals surface area contributed by atoms with Crippen LogP contribution in [0.4, 0.5) is 13.6 Å². The number of ether oxygens (including phenoxy) is 2. The van der Waals surface area contributed by atoms with Crippen LogP contribution in [0.3, 0.4) is 0 Å². The molecule has 0 N–H and O–H groups in total. The summed E-state index contributed by atoms with van der Waals surface area (Å²) in [5.41, 5.74) is -1.65. The van der Waals surface area contributed by atoms with Crippen molar-refractivity contribution < 1.29 is 27.8 Å². The van der Waals surface area contributed by atoms with Crippen LogP contribution < -0.4 is 0 Å². The van der Waals surface area contributed by atoms with Crippen molar-refractivity contribution in [3.8, 4) is 0 Å². The molecule has 0 aromatic carbocycles. The highest BCUT2D eigenvalue weighted by Crippen LogP contribution is 2.39. The number of morpholine rings is 1. The summed E-state index contributed by atoms with van der Waals surface area (Å²) in [5.74, 6) is -0.360. The lowest BCUT2D eigenvalue weighted by Gasteiger charge is -2.49. The van der Waals surface area contributed by atoms with Crippen molar-refractivity contribution in [1.29, 1.82) is 0 Å². The topological polar surface area (TPSA) is 72.0 Å². The zero-order chi connectivity index (χ0) is 22.3. The van der Waals surface area contributed by atoms with Gasteiger partial charge in [-0.2, -0.15) is 8.78 Å². The summed E-state index contributed by atoms with van der Waals surface area (Å²) >= 11 is 1.35. The first kappa shape index (κ1) is 22.9. The van der Waals surface area contributed by atoms with Crippen LogP contribution in [0.2, 0.25) is 0 Å². The molecule has 2 aliphatic rings. The van der Waals surface area contributed by atoms with E-state index < -0.39 is 35.9 Å². The van der Waals surface area contributed by atoms with Gasteiger partial charge in [0.2, 0.25) is 0 Å². The smallest absolute Gasteiger partial charge is 0.410 e. The largest absolute Gasteiger partial charge is 0.444 e. The molecule has 3 heterocycles. The van der Waals surface area contributed by atoms with Gasteiger partial charge in [0.25, 0.3) is 5.91 Å². The average Bonchev–Trinajstić information content (AvgIpc) is 3.09. The van der Waals surface area contributed by atoms with E-state index in [-0.39, 0.29) is 44.1 Å². The Morgan fingerprint density at radius 2 is 1.83 bits per heavy atom. The number of thiazole rings is 1. The molecular formula is C20H29F2N3O4S. The molecule has 0 radical (unpaired) electrons. The first-order chi connectivity index (χ1) is 13.8. The molecule has 0 aliphatic carbocycles. The predicted molar refractivity (Wildman–Crippen MR) is 108 cm³/mol. The van der Waals surface area contributed by atoms with Crippen LogP contribution in [-0.2, 0) is 9.47 Å².